The number of carbonyl (C=O) groups excluding carboxylic acids is 1. The van der Waals surface area contributed by atoms with Crippen molar-refractivity contribution >= 4 is 16.9 Å². The molecule has 0 atom stereocenters. The van der Waals surface area contributed by atoms with Crippen molar-refractivity contribution in [3.63, 3.8) is 0 Å². The average molecular weight is 326 g/mol. The molecule has 124 valence electrons. The number of pyridine rings is 1. The first kappa shape index (κ1) is 15.9. The van der Waals surface area contributed by atoms with Crippen LogP contribution in [0.4, 0.5) is 0 Å². The first-order chi connectivity index (χ1) is 11.5. The molecule has 24 heavy (non-hydrogen) atoms. The fourth-order valence-electron chi connectivity index (χ4n) is 2.58. The van der Waals surface area contributed by atoms with E-state index in [1.807, 2.05) is 13.0 Å². The quantitative estimate of drug-likeness (QED) is 0.756. The summed E-state index contributed by atoms with van der Waals surface area (Å²) < 4.78 is 3.20. The summed E-state index contributed by atoms with van der Waals surface area (Å²) in [5, 5.41) is 6.90. The lowest BCUT2D eigenvalue weighted by molar-refractivity contribution is 0.0952. The Morgan fingerprint density at radius 3 is 2.79 bits per heavy atom. The zero-order valence-electron chi connectivity index (χ0n) is 13.8. The van der Waals surface area contributed by atoms with Crippen LogP contribution in [0.5, 0.6) is 0 Å². The van der Waals surface area contributed by atoms with Crippen LogP contribution in [0.2, 0.25) is 0 Å². The molecule has 3 aromatic heterocycles. The molecule has 0 saturated heterocycles. The molecule has 0 spiro atoms. The summed E-state index contributed by atoms with van der Waals surface area (Å²) in [6.07, 6.45) is 3.17. The molecule has 0 aliphatic heterocycles. The van der Waals surface area contributed by atoms with Crippen molar-refractivity contribution in [3.05, 3.63) is 52.0 Å². The van der Waals surface area contributed by atoms with E-state index in [-0.39, 0.29) is 11.6 Å². The Labute approximate surface area is 138 Å². The average Bonchev–Trinajstić information content (AvgIpc) is 2.90. The summed E-state index contributed by atoms with van der Waals surface area (Å²) in [5.74, 6) is -0.239. The van der Waals surface area contributed by atoms with Gasteiger partial charge in [-0.2, -0.15) is 10.1 Å². The van der Waals surface area contributed by atoms with E-state index >= 15 is 0 Å². The van der Waals surface area contributed by atoms with E-state index in [0.29, 0.717) is 24.3 Å². The summed E-state index contributed by atoms with van der Waals surface area (Å²) in [6, 6.07) is 3.58. The van der Waals surface area contributed by atoms with Gasteiger partial charge in [0.2, 0.25) is 0 Å². The van der Waals surface area contributed by atoms with Gasteiger partial charge in [0.25, 0.3) is 5.91 Å². The van der Waals surface area contributed by atoms with Crippen molar-refractivity contribution in [2.75, 3.05) is 6.54 Å². The molecule has 8 nitrogen and oxygen atoms in total. The Balaban J connectivity index is 1.69. The van der Waals surface area contributed by atoms with Gasteiger partial charge in [0.1, 0.15) is 5.52 Å². The molecule has 1 N–H and O–H groups in total. The van der Waals surface area contributed by atoms with Crippen LogP contribution in [0.15, 0.2) is 29.3 Å². The molecule has 0 fully saturated rings. The highest BCUT2D eigenvalue weighted by Crippen LogP contribution is 2.11. The molecule has 3 aromatic rings. The van der Waals surface area contributed by atoms with Crippen LogP contribution in [0, 0.1) is 13.8 Å². The van der Waals surface area contributed by atoms with Crippen LogP contribution in [0.25, 0.3) is 11.0 Å². The first-order valence-corrected chi connectivity index (χ1v) is 7.57. The van der Waals surface area contributed by atoms with E-state index in [0.717, 1.165) is 16.7 Å². The maximum atomic E-state index is 12.3. The molecule has 1 amide bonds. The topological polar surface area (TPSA) is 94.7 Å². The monoisotopic (exact) mass is 326 g/mol. The zero-order chi connectivity index (χ0) is 17.3. The number of rotatable bonds is 4. The van der Waals surface area contributed by atoms with Gasteiger partial charge in [-0.3, -0.25) is 19.0 Å². The van der Waals surface area contributed by atoms with Crippen molar-refractivity contribution in [1.29, 1.82) is 0 Å². The third kappa shape index (κ3) is 3.03. The number of carbonyl (C=O) groups is 1. The van der Waals surface area contributed by atoms with Crippen molar-refractivity contribution in [3.8, 4) is 0 Å². The number of nitrogens with zero attached hydrogens (tertiary/aromatic N) is 5. The van der Waals surface area contributed by atoms with E-state index in [1.54, 1.807) is 30.9 Å². The first-order valence-electron chi connectivity index (χ1n) is 7.57. The van der Waals surface area contributed by atoms with Crippen molar-refractivity contribution in [2.24, 2.45) is 7.05 Å². The van der Waals surface area contributed by atoms with Crippen LogP contribution in [0.1, 0.15) is 21.7 Å². The number of aromatic nitrogens is 5. The van der Waals surface area contributed by atoms with E-state index in [9.17, 15) is 9.59 Å². The highest BCUT2D eigenvalue weighted by Gasteiger charge is 2.10. The van der Waals surface area contributed by atoms with Crippen molar-refractivity contribution in [2.45, 2.75) is 20.4 Å². The van der Waals surface area contributed by atoms with Gasteiger partial charge in [-0.1, -0.05) is 0 Å². The predicted molar refractivity (Wildman–Crippen MR) is 88.8 cm³/mol. The van der Waals surface area contributed by atoms with Gasteiger partial charge in [-0.15, -0.1) is 0 Å². The van der Waals surface area contributed by atoms with Gasteiger partial charge in [0, 0.05) is 37.7 Å². The Bertz CT molecular complexity index is 972. The van der Waals surface area contributed by atoms with Crippen LogP contribution >= 0.6 is 0 Å². The second kappa shape index (κ2) is 6.23. The molecule has 0 unspecified atom stereocenters. The number of hydrogen-bond donors (Lipinski definition) is 1. The number of hydrogen-bond acceptors (Lipinski definition) is 5. The molecule has 0 aliphatic rings. The molecule has 3 rings (SSSR count). The third-order valence-electron chi connectivity index (χ3n) is 3.83. The van der Waals surface area contributed by atoms with E-state index < -0.39 is 0 Å². The smallest absolute Gasteiger partial charge is 0.348 e. The van der Waals surface area contributed by atoms with Gasteiger partial charge < -0.3 is 5.32 Å². The van der Waals surface area contributed by atoms with Crippen LogP contribution < -0.4 is 11.0 Å². The van der Waals surface area contributed by atoms with Crippen LogP contribution in [0.3, 0.4) is 0 Å². The van der Waals surface area contributed by atoms with Crippen LogP contribution in [-0.2, 0) is 13.6 Å². The number of aryl methyl sites for hydroxylation is 3. The summed E-state index contributed by atoms with van der Waals surface area (Å²) in [6.45, 7) is 4.32. The Kier molecular flexibility index (Phi) is 4.11. The Morgan fingerprint density at radius 1 is 1.25 bits per heavy atom. The number of nitrogens with one attached hydrogen (secondary N) is 1. The number of amides is 1. The normalized spacial score (nSPS) is 11.0. The largest absolute Gasteiger partial charge is 0.350 e. The molecule has 0 aliphatic carbocycles. The fraction of sp³-hybridized carbons (Fsp3) is 0.312. The van der Waals surface area contributed by atoms with Gasteiger partial charge >= 0.3 is 5.69 Å². The molecular weight excluding hydrogens is 308 g/mol. The molecular formula is C16H18N6O2. The van der Waals surface area contributed by atoms with Crippen molar-refractivity contribution in [1.82, 2.24) is 29.6 Å². The second-order valence-corrected chi connectivity index (χ2v) is 5.63. The highest BCUT2D eigenvalue weighted by molar-refractivity contribution is 5.96. The fourth-order valence-corrected chi connectivity index (χ4v) is 2.58. The highest BCUT2D eigenvalue weighted by atomic mass is 16.2. The van der Waals surface area contributed by atoms with E-state index in [1.165, 1.54) is 10.8 Å². The summed E-state index contributed by atoms with van der Waals surface area (Å²) in [7, 11) is 1.80. The van der Waals surface area contributed by atoms with Crippen LogP contribution in [-0.4, -0.2) is 36.8 Å². The maximum Gasteiger partial charge on any atom is 0.348 e. The Hall–Kier alpha value is -3.03. The summed E-state index contributed by atoms with van der Waals surface area (Å²) in [4.78, 5) is 32.3. The van der Waals surface area contributed by atoms with Gasteiger partial charge in [0.05, 0.1) is 17.3 Å². The summed E-state index contributed by atoms with van der Waals surface area (Å²) >= 11 is 0. The van der Waals surface area contributed by atoms with Gasteiger partial charge in [0.15, 0.2) is 0 Å². The standard InChI is InChI=1S/C16H18N6O2/c1-10-6-11(2)22(16(24)20-10)5-4-17-15(23)12-7-14-13(18-8-12)9-19-21(14)3/h6-9H,4-5H2,1-3H3,(H,17,23). The molecule has 0 aromatic carbocycles. The number of fused-ring (bicyclic) bond motifs is 1. The van der Waals surface area contributed by atoms with E-state index in [2.05, 4.69) is 20.4 Å². The maximum absolute atomic E-state index is 12.3. The Morgan fingerprint density at radius 2 is 2.04 bits per heavy atom. The van der Waals surface area contributed by atoms with Crippen molar-refractivity contribution < 1.29 is 4.79 Å². The summed E-state index contributed by atoms with van der Waals surface area (Å²) in [5.41, 5.74) is 3.18. The SMILES string of the molecule is Cc1cc(C)n(CCNC(=O)c2cnc3cnn(C)c3c2)c(=O)n1. The molecule has 0 bridgehead atoms. The van der Waals surface area contributed by atoms with Gasteiger partial charge in [-0.25, -0.2) is 4.79 Å². The minimum atomic E-state index is -0.306. The predicted octanol–water partition coefficient (Wildman–Crippen LogP) is 0.572. The lowest BCUT2D eigenvalue weighted by Crippen LogP contribution is -2.33. The minimum Gasteiger partial charge on any atom is -0.350 e. The van der Waals surface area contributed by atoms with E-state index in [4.69, 9.17) is 0 Å². The third-order valence-corrected chi connectivity index (χ3v) is 3.83. The molecule has 8 heteroatoms. The minimum absolute atomic E-state index is 0.239. The molecule has 3 heterocycles. The molecule has 0 saturated carbocycles. The lowest BCUT2D eigenvalue weighted by Gasteiger charge is -2.10. The molecule has 0 radical (unpaired) electrons. The lowest BCUT2D eigenvalue weighted by atomic mass is 10.2. The zero-order valence-corrected chi connectivity index (χ0v) is 13.8. The van der Waals surface area contributed by atoms with Gasteiger partial charge in [-0.05, 0) is 26.0 Å². The second-order valence-electron chi connectivity index (χ2n) is 5.63.